The average Bonchev–Trinajstić information content (AvgIpc) is 3.24. The van der Waals surface area contributed by atoms with E-state index in [0.717, 1.165) is 96.3 Å². The van der Waals surface area contributed by atoms with Gasteiger partial charge in [0.15, 0.2) is 0 Å². The van der Waals surface area contributed by atoms with Gasteiger partial charge in [-0.25, -0.2) is 0 Å². The fourth-order valence-corrected chi connectivity index (χ4v) is 7.87. The van der Waals surface area contributed by atoms with E-state index < -0.39 is 24.0 Å². The van der Waals surface area contributed by atoms with Crippen molar-refractivity contribution in [2.75, 3.05) is 39.5 Å². The lowest BCUT2D eigenvalue weighted by molar-refractivity contribution is -0.159. The Kier molecular flexibility index (Phi) is 31.1. The highest BCUT2D eigenvalue weighted by atomic mass is 16.5. The Morgan fingerprint density at radius 2 is 0.846 bits per heavy atom. The summed E-state index contributed by atoms with van der Waals surface area (Å²) in [7, 11) is 0. The monoisotopic (exact) mass is 740 g/mol. The zero-order chi connectivity index (χ0) is 38.2. The molecule has 1 saturated heterocycles. The maximum atomic E-state index is 13.6. The predicted molar refractivity (Wildman–Crippen MR) is 214 cm³/mol. The topological polar surface area (TPSA) is 117 Å². The van der Waals surface area contributed by atoms with Gasteiger partial charge in [-0.2, -0.15) is 0 Å². The Balaban J connectivity index is 3.04. The number of hydrogen-bond acceptors (Lipinski definition) is 8. The summed E-state index contributed by atoms with van der Waals surface area (Å²) in [5.74, 6) is -1.80. The second kappa shape index (κ2) is 33.1. The lowest BCUT2D eigenvalue weighted by Gasteiger charge is -2.31. The molecule has 1 heterocycles. The number of nitrogens with zero attached hydrogens (tertiary/aromatic N) is 1. The minimum Gasteiger partial charge on any atom is -0.465 e. The molecule has 308 valence electrons. The van der Waals surface area contributed by atoms with Crippen molar-refractivity contribution >= 4 is 11.9 Å². The molecule has 1 rings (SSSR count). The maximum Gasteiger partial charge on any atom is 0.308 e. The molecule has 0 spiro atoms. The minimum atomic E-state index is -0.850. The van der Waals surface area contributed by atoms with Gasteiger partial charge in [0.2, 0.25) is 0 Å². The molecule has 1 aliphatic heterocycles. The summed E-state index contributed by atoms with van der Waals surface area (Å²) in [5, 5.41) is 32.5. The van der Waals surface area contributed by atoms with E-state index in [2.05, 4.69) is 27.7 Å². The number of esters is 2. The van der Waals surface area contributed by atoms with Crippen LogP contribution in [-0.4, -0.2) is 83.8 Å². The number of rotatable bonds is 34. The molecule has 0 aromatic rings. The molecule has 3 N–H and O–H groups in total. The van der Waals surface area contributed by atoms with E-state index in [1.54, 1.807) is 0 Å². The van der Waals surface area contributed by atoms with E-state index in [1.165, 1.54) is 64.2 Å². The van der Waals surface area contributed by atoms with Crippen LogP contribution in [0, 0.1) is 23.7 Å². The third kappa shape index (κ3) is 22.9. The lowest BCUT2D eigenvalue weighted by atomic mass is 9.85. The Morgan fingerprint density at radius 1 is 0.519 bits per heavy atom. The van der Waals surface area contributed by atoms with Crippen LogP contribution in [0.15, 0.2) is 0 Å². The number of aliphatic hydroxyl groups excluding tert-OH is 3. The summed E-state index contributed by atoms with van der Waals surface area (Å²) in [5.41, 5.74) is 0. The molecule has 0 amide bonds. The molecule has 0 bridgehead atoms. The van der Waals surface area contributed by atoms with E-state index in [4.69, 9.17) is 9.47 Å². The molecule has 8 heteroatoms. The molecule has 0 radical (unpaired) electrons. The minimum absolute atomic E-state index is 0.00389. The van der Waals surface area contributed by atoms with Gasteiger partial charge in [-0.15, -0.1) is 0 Å². The van der Waals surface area contributed by atoms with Gasteiger partial charge < -0.3 is 24.8 Å². The predicted octanol–water partition coefficient (Wildman–Crippen LogP) is 9.79. The SMILES string of the molecule is CCCCCCCCC(CCCCCC)C(=O)OCC1C(O)CN(CCCCO)CC(O)C1COC(=O)C(CCCCCC)CCCCCCCC. The standard InChI is InChI=1S/C44H85NO7/c1-5-9-13-17-19-23-29-37(27-21-15-11-7-3)43(49)51-35-39-40(42(48)34-45(33-41(39)47)31-25-26-32-46)36-52-44(50)38(28-22-16-12-8-4)30-24-20-18-14-10-6-2/h37-42,46-48H,5-36H2,1-4H3. The van der Waals surface area contributed by atoms with Crippen LogP contribution in [0.3, 0.4) is 0 Å². The summed E-state index contributed by atoms with van der Waals surface area (Å²) >= 11 is 0. The summed E-state index contributed by atoms with van der Waals surface area (Å²) in [6.07, 6.45) is 26.0. The number of carbonyl (C=O) groups excluding carboxylic acids is 2. The number of carbonyl (C=O) groups is 2. The Labute approximate surface area is 320 Å². The third-order valence-electron chi connectivity index (χ3n) is 11.4. The number of β-amino-alcohol motifs (C(OH)–C–C–N with tert-alkyl or cyclic N) is 2. The first-order chi connectivity index (χ1) is 25.3. The highest BCUT2D eigenvalue weighted by Crippen LogP contribution is 2.29. The molecule has 0 aromatic heterocycles. The Bertz CT molecular complexity index is 779. The van der Waals surface area contributed by atoms with Gasteiger partial charge in [0.1, 0.15) is 0 Å². The van der Waals surface area contributed by atoms with Crippen LogP contribution in [-0.2, 0) is 19.1 Å². The third-order valence-corrected chi connectivity index (χ3v) is 11.4. The number of hydrogen-bond donors (Lipinski definition) is 3. The zero-order valence-corrected chi connectivity index (χ0v) is 34.5. The van der Waals surface area contributed by atoms with Gasteiger partial charge in [-0.3, -0.25) is 14.5 Å². The van der Waals surface area contributed by atoms with Gasteiger partial charge in [0.05, 0.1) is 37.3 Å². The van der Waals surface area contributed by atoms with Gasteiger partial charge in [-0.1, -0.05) is 156 Å². The van der Waals surface area contributed by atoms with E-state index in [0.29, 0.717) is 26.1 Å². The van der Waals surface area contributed by atoms with Crippen LogP contribution in [0.5, 0.6) is 0 Å². The molecular weight excluding hydrogens is 654 g/mol. The van der Waals surface area contributed by atoms with E-state index in [9.17, 15) is 24.9 Å². The molecule has 8 nitrogen and oxygen atoms in total. The van der Waals surface area contributed by atoms with Gasteiger partial charge >= 0.3 is 11.9 Å². The van der Waals surface area contributed by atoms with Crippen LogP contribution in [0.25, 0.3) is 0 Å². The molecule has 0 aromatic carbocycles. The van der Waals surface area contributed by atoms with Crippen molar-refractivity contribution in [3.8, 4) is 0 Å². The van der Waals surface area contributed by atoms with E-state index >= 15 is 0 Å². The number of likely N-dealkylation sites (tertiary alicyclic amines) is 1. The van der Waals surface area contributed by atoms with Crippen molar-refractivity contribution in [1.82, 2.24) is 4.90 Å². The van der Waals surface area contributed by atoms with Crippen molar-refractivity contribution in [3.63, 3.8) is 0 Å². The normalized spacial score (nSPS) is 20.8. The summed E-state index contributed by atoms with van der Waals surface area (Å²) in [4.78, 5) is 29.3. The van der Waals surface area contributed by atoms with Crippen LogP contribution in [0.4, 0.5) is 0 Å². The van der Waals surface area contributed by atoms with Crippen LogP contribution in [0.2, 0.25) is 0 Å². The first kappa shape index (κ1) is 48.8. The first-order valence-electron chi connectivity index (χ1n) is 22.3. The highest BCUT2D eigenvalue weighted by Gasteiger charge is 2.40. The number of aliphatic hydroxyl groups is 3. The fourth-order valence-electron chi connectivity index (χ4n) is 7.87. The van der Waals surface area contributed by atoms with Crippen molar-refractivity contribution in [3.05, 3.63) is 0 Å². The van der Waals surface area contributed by atoms with E-state index in [1.807, 2.05) is 4.90 Å². The second-order valence-electron chi connectivity index (χ2n) is 16.1. The van der Waals surface area contributed by atoms with Gasteiger partial charge in [0, 0.05) is 31.5 Å². The Morgan fingerprint density at radius 3 is 1.19 bits per heavy atom. The molecule has 1 aliphatic rings. The molecule has 0 saturated carbocycles. The van der Waals surface area contributed by atoms with E-state index in [-0.39, 0.29) is 43.6 Å². The van der Waals surface area contributed by atoms with Crippen molar-refractivity contribution in [1.29, 1.82) is 0 Å². The maximum absolute atomic E-state index is 13.6. The molecule has 6 atom stereocenters. The van der Waals surface area contributed by atoms with Crippen molar-refractivity contribution in [2.24, 2.45) is 23.7 Å². The van der Waals surface area contributed by atoms with Gasteiger partial charge in [-0.05, 0) is 45.1 Å². The molecule has 1 fully saturated rings. The fraction of sp³-hybridized carbons (Fsp3) is 0.955. The quantitative estimate of drug-likeness (QED) is 0.0441. The largest absolute Gasteiger partial charge is 0.465 e. The summed E-state index contributed by atoms with van der Waals surface area (Å²) in [6.45, 7) is 10.3. The average molecular weight is 740 g/mol. The molecular formula is C44H85NO7. The van der Waals surface area contributed by atoms with Crippen LogP contribution in [0.1, 0.15) is 195 Å². The summed E-state index contributed by atoms with van der Waals surface area (Å²) in [6, 6.07) is 0. The Hall–Kier alpha value is -1.22. The molecule has 52 heavy (non-hydrogen) atoms. The molecule has 6 unspecified atom stereocenters. The van der Waals surface area contributed by atoms with Gasteiger partial charge in [0.25, 0.3) is 0 Å². The van der Waals surface area contributed by atoms with Crippen molar-refractivity contribution < 1.29 is 34.4 Å². The smallest absolute Gasteiger partial charge is 0.308 e. The first-order valence-corrected chi connectivity index (χ1v) is 22.3. The van der Waals surface area contributed by atoms with Crippen LogP contribution < -0.4 is 0 Å². The number of unbranched alkanes of at least 4 members (excludes halogenated alkanes) is 17. The highest BCUT2D eigenvalue weighted by molar-refractivity contribution is 5.72. The molecule has 0 aliphatic carbocycles. The summed E-state index contributed by atoms with van der Waals surface area (Å²) < 4.78 is 12.1. The zero-order valence-electron chi connectivity index (χ0n) is 34.5. The van der Waals surface area contributed by atoms with Crippen LogP contribution >= 0.6 is 0 Å². The van der Waals surface area contributed by atoms with Crippen molar-refractivity contribution in [2.45, 2.75) is 207 Å². The lowest BCUT2D eigenvalue weighted by Crippen LogP contribution is -2.41. The second-order valence-corrected chi connectivity index (χ2v) is 16.1. The number of ether oxygens (including phenoxy) is 2.